The molecule has 2 saturated heterocycles. The molecule has 20 heavy (non-hydrogen) atoms. The van der Waals surface area contributed by atoms with E-state index in [0.29, 0.717) is 6.04 Å². The van der Waals surface area contributed by atoms with E-state index in [0.717, 1.165) is 6.04 Å². The molecule has 110 valence electrons. The van der Waals surface area contributed by atoms with Crippen LogP contribution in [0.2, 0.25) is 0 Å². The van der Waals surface area contributed by atoms with Gasteiger partial charge in [0, 0.05) is 31.7 Å². The third-order valence-corrected chi connectivity index (χ3v) is 5.25. The predicted molar refractivity (Wildman–Crippen MR) is 85.1 cm³/mol. The van der Waals surface area contributed by atoms with E-state index in [1.165, 1.54) is 63.0 Å². The van der Waals surface area contributed by atoms with Crippen molar-refractivity contribution in [1.82, 2.24) is 9.80 Å². The van der Waals surface area contributed by atoms with Gasteiger partial charge in [-0.2, -0.15) is 0 Å². The Kier molecular flexibility index (Phi) is 4.42. The summed E-state index contributed by atoms with van der Waals surface area (Å²) in [5, 5.41) is 0. The lowest BCUT2D eigenvalue weighted by Gasteiger charge is -2.47. The zero-order valence-electron chi connectivity index (χ0n) is 13.0. The average molecular weight is 272 g/mol. The van der Waals surface area contributed by atoms with Gasteiger partial charge in [-0.15, -0.1) is 0 Å². The van der Waals surface area contributed by atoms with Crippen molar-refractivity contribution in [2.45, 2.75) is 51.6 Å². The second-order valence-corrected chi connectivity index (χ2v) is 6.66. The Balaban J connectivity index is 1.58. The molecule has 0 N–H and O–H groups in total. The number of rotatable bonds is 3. The van der Waals surface area contributed by atoms with E-state index in [1.54, 1.807) is 0 Å². The predicted octanol–water partition coefficient (Wildman–Crippen LogP) is 3.10. The topological polar surface area (TPSA) is 6.48 Å². The van der Waals surface area contributed by atoms with Crippen molar-refractivity contribution >= 4 is 0 Å². The molecule has 0 radical (unpaired) electrons. The maximum absolute atomic E-state index is 2.73. The molecule has 2 fully saturated rings. The van der Waals surface area contributed by atoms with Gasteiger partial charge in [0.2, 0.25) is 0 Å². The fourth-order valence-corrected chi connectivity index (χ4v) is 3.88. The number of benzene rings is 1. The lowest BCUT2D eigenvalue weighted by molar-refractivity contribution is 0.0160. The Hall–Kier alpha value is -0.860. The van der Waals surface area contributed by atoms with Crippen molar-refractivity contribution in [2.75, 3.05) is 26.2 Å². The fraction of sp³-hybridized carbons (Fsp3) is 0.667. The number of fused-ring (bicyclic) bond motifs is 1. The van der Waals surface area contributed by atoms with Crippen molar-refractivity contribution in [3.8, 4) is 0 Å². The van der Waals surface area contributed by atoms with E-state index in [4.69, 9.17) is 0 Å². The Morgan fingerprint density at radius 2 is 2.00 bits per heavy atom. The Labute approximate surface area is 123 Å². The highest BCUT2D eigenvalue weighted by Gasteiger charge is 2.32. The third kappa shape index (κ3) is 3.07. The molecular weight excluding hydrogens is 244 g/mol. The largest absolute Gasteiger partial charge is 0.298 e. The quantitative estimate of drug-likeness (QED) is 0.834. The van der Waals surface area contributed by atoms with Crippen LogP contribution < -0.4 is 0 Å². The molecule has 1 aromatic carbocycles. The lowest BCUT2D eigenvalue weighted by atomic mass is 9.96. The third-order valence-electron chi connectivity index (χ3n) is 5.25. The highest BCUT2D eigenvalue weighted by molar-refractivity contribution is 5.25. The van der Waals surface area contributed by atoms with Crippen molar-refractivity contribution in [3.63, 3.8) is 0 Å². The van der Waals surface area contributed by atoms with Gasteiger partial charge in [-0.05, 0) is 50.8 Å². The number of aryl methyl sites for hydroxylation is 1. The molecule has 0 saturated carbocycles. The zero-order chi connectivity index (χ0) is 13.9. The molecule has 0 bridgehead atoms. The number of hydrogen-bond donors (Lipinski definition) is 0. The Morgan fingerprint density at radius 1 is 1.15 bits per heavy atom. The molecule has 0 amide bonds. The average Bonchev–Trinajstić information content (AvgIpc) is 2.46. The summed E-state index contributed by atoms with van der Waals surface area (Å²) < 4.78 is 0. The van der Waals surface area contributed by atoms with Crippen LogP contribution in [-0.4, -0.2) is 48.1 Å². The Bertz CT molecular complexity index is 443. The minimum atomic E-state index is 0.716. The summed E-state index contributed by atoms with van der Waals surface area (Å²) in [7, 11) is 0. The maximum Gasteiger partial charge on any atom is 0.0223 e. The van der Waals surface area contributed by atoms with Crippen LogP contribution in [0, 0.1) is 6.92 Å². The number of piperidine rings is 1. The van der Waals surface area contributed by atoms with E-state index in [9.17, 15) is 0 Å². The van der Waals surface area contributed by atoms with E-state index in [1.807, 2.05) is 0 Å². The van der Waals surface area contributed by atoms with E-state index in [2.05, 4.69) is 47.9 Å². The summed E-state index contributed by atoms with van der Waals surface area (Å²) in [6.07, 6.45) is 5.45. The second-order valence-electron chi connectivity index (χ2n) is 6.66. The molecule has 2 unspecified atom stereocenters. The molecule has 0 aliphatic carbocycles. The summed E-state index contributed by atoms with van der Waals surface area (Å²) in [5.41, 5.74) is 2.96. The summed E-state index contributed by atoms with van der Waals surface area (Å²) in [5.74, 6) is 0. The van der Waals surface area contributed by atoms with Crippen LogP contribution in [0.3, 0.4) is 0 Å². The van der Waals surface area contributed by atoms with Crippen molar-refractivity contribution in [3.05, 3.63) is 35.4 Å². The molecule has 2 nitrogen and oxygen atoms in total. The van der Waals surface area contributed by atoms with Gasteiger partial charge < -0.3 is 0 Å². The smallest absolute Gasteiger partial charge is 0.0223 e. The van der Waals surface area contributed by atoms with Gasteiger partial charge >= 0.3 is 0 Å². The summed E-state index contributed by atoms with van der Waals surface area (Å²) in [4.78, 5) is 5.46. The summed E-state index contributed by atoms with van der Waals surface area (Å²) in [6, 6.07) is 10.4. The van der Waals surface area contributed by atoms with Gasteiger partial charge in [-0.25, -0.2) is 0 Å². The van der Waals surface area contributed by atoms with E-state index in [-0.39, 0.29) is 0 Å². The molecule has 2 aliphatic rings. The first-order chi connectivity index (χ1) is 9.74. The monoisotopic (exact) mass is 272 g/mol. The van der Waals surface area contributed by atoms with Crippen LogP contribution in [0.5, 0.6) is 0 Å². The van der Waals surface area contributed by atoms with Gasteiger partial charge in [-0.1, -0.05) is 30.7 Å². The van der Waals surface area contributed by atoms with E-state index >= 15 is 0 Å². The van der Waals surface area contributed by atoms with Crippen LogP contribution in [0.1, 0.15) is 37.3 Å². The van der Waals surface area contributed by atoms with Crippen molar-refractivity contribution < 1.29 is 0 Å². The van der Waals surface area contributed by atoms with Crippen LogP contribution in [0.25, 0.3) is 0 Å². The number of hydrogen-bond acceptors (Lipinski definition) is 2. The molecule has 3 rings (SSSR count). The zero-order valence-corrected chi connectivity index (χ0v) is 13.0. The van der Waals surface area contributed by atoms with Crippen LogP contribution in [0.15, 0.2) is 24.3 Å². The number of nitrogens with zero attached hydrogens (tertiary/aromatic N) is 2. The van der Waals surface area contributed by atoms with Crippen LogP contribution in [0.4, 0.5) is 0 Å². The molecule has 2 heteroatoms. The first-order valence-corrected chi connectivity index (χ1v) is 8.26. The molecule has 1 aromatic rings. The maximum atomic E-state index is 2.73. The first kappa shape index (κ1) is 14.1. The minimum absolute atomic E-state index is 0.716. The van der Waals surface area contributed by atoms with E-state index < -0.39 is 0 Å². The standard InChI is InChI=1S/C18H28N2/c1-15-7-3-4-8-17(15)10-12-19-14-18-9-5-6-11-20(18)13-16(19)2/h3-4,7-8,16,18H,5-6,9-14H2,1-2H3. The highest BCUT2D eigenvalue weighted by atomic mass is 15.3. The van der Waals surface area contributed by atoms with Crippen LogP contribution in [-0.2, 0) is 6.42 Å². The van der Waals surface area contributed by atoms with Crippen LogP contribution >= 0.6 is 0 Å². The summed E-state index contributed by atoms with van der Waals surface area (Å²) >= 11 is 0. The molecule has 2 aliphatic heterocycles. The van der Waals surface area contributed by atoms with Crippen molar-refractivity contribution in [1.29, 1.82) is 0 Å². The fourth-order valence-electron chi connectivity index (χ4n) is 3.88. The number of piperazine rings is 1. The molecule has 2 heterocycles. The summed E-state index contributed by atoms with van der Waals surface area (Å²) in [6.45, 7) is 9.75. The van der Waals surface area contributed by atoms with Gasteiger partial charge in [0.05, 0.1) is 0 Å². The molecule has 0 spiro atoms. The normalized spacial score (nSPS) is 28.3. The first-order valence-electron chi connectivity index (χ1n) is 8.26. The second kappa shape index (κ2) is 6.28. The lowest BCUT2D eigenvalue weighted by Crippen LogP contribution is -2.58. The Morgan fingerprint density at radius 3 is 2.85 bits per heavy atom. The van der Waals surface area contributed by atoms with Gasteiger partial charge in [-0.3, -0.25) is 9.80 Å². The minimum Gasteiger partial charge on any atom is -0.298 e. The van der Waals surface area contributed by atoms with Crippen molar-refractivity contribution in [2.24, 2.45) is 0 Å². The van der Waals surface area contributed by atoms with Gasteiger partial charge in [0.25, 0.3) is 0 Å². The molecular formula is C18H28N2. The molecule has 2 atom stereocenters. The highest BCUT2D eigenvalue weighted by Crippen LogP contribution is 2.24. The molecule has 0 aromatic heterocycles. The van der Waals surface area contributed by atoms with Gasteiger partial charge in [0.1, 0.15) is 0 Å². The van der Waals surface area contributed by atoms with Gasteiger partial charge in [0.15, 0.2) is 0 Å². The SMILES string of the molecule is Cc1ccccc1CCN1CC2CCCCN2CC1C.